The number of aliphatic carboxylic acids is 1. The van der Waals surface area contributed by atoms with E-state index in [0.717, 1.165) is 0 Å². The van der Waals surface area contributed by atoms with Gasteiger partial charge < -0.3 is 14.9 Å². The highest BCUT2D eigenvalue weighted by Gasteiger charge is 2.09. The van der Waals surface area contributed by atoms with Crippen molar-refractivity contribution < 1.29 is 19.7 Å². The van der Waals surface area contributed by atoms with E-state index in [2.05, 4.69) is 10.3 Å². The number of aromatic nitrogens is 3. The topological polar surface area (TPSA) is 97.5 Å². The summed E-state index contributed by atoms with van der Waals surface area (Å²) in [6.07, 6.45) is 1.14. The molecule has 0 saturated carbocycles. The molecule has 0 saturated heterocycles. The van der Waals surface area contributed by atoms with Crippen LogP contribution in [0.4, 0.5) is 0 Å². The third kappa shape index (κ3) is 4.05. The monoisotopic (exact) mass is 215 g/mol. The SMILES string of the molecule is COCC(O)Cc1cn(CC(=O)O)nn1. The Hall–Kier alpha value is -1.47. The molecule has 1 heterocycles. The highest BCUT2D eigenvalue weighted by atomic mass is 16.5. The average molecular weight is 215 g/mol. The summed E-state index contributed by atoms with van der Waals surface area (Å²) in [6.45, 7) is -0.0147. The predicted molar refractivity (Wildman–Crippen MR) is 49.2 cm³/mol. The van der Waals surface area contributed by atoms with Crippen LogP contribution in [0.2, 0.25) is 0 Å². The van der Waals surface area contributed by atoms with Gasteiger partial charge in [-0.1, -0.05) is 5.21 Å². The highest BCUT2D eigenvalue weighted by molar-refractivity contribution is 5.66. The van der Waals surface area contributed by atoms with Gasteiger partial charge >= 0.3 is 5.97 Å². The smallest absolute Gasteiger partial charge is 0.325 e. The summed E-state index contributed by atoms with van der Waals surface area (Å²) in [5.74, 6) is -0.983. The minimum Gasteiger partial charge on any atom is -0.480 e. The number of hydrogen-bond donors (Lipinski definition) is 2. The van der Waals surface area contributed by atoms with Gasteiger partial charge in [-0.3, -0.25) is 4.79 Å². The van der Waals surface area contributed by atoms with Crippen molar-refractivity contribution in [3.05, 3.63) is 11.9 Å². The first-order valence-electron chi connectivity index (χ1n) is 4.39. The van der Waals surface area contributed by atoms with Crippen LogP contribution in [-0.2, 0) is 22.5 Å². The molecule has 1 rings (SSSR count). The van der Waals surface area contributed by atoms with Crippen molar-refractivity contribution in [1.82, 2.24) is 15.0 Å². The van der Waals surface area contributed by atoms with Crippen molar-refractivity contribution in [2.75, 3.05) is 13.7 Å². The van der Waals surface area contributed by atoms with E-state index < -0.39 is 12.1 Å². The van der Waals surface area contributed by atoms with Crippen molar-refractivity contribution in [2.45, 2.75) is 19.1 Å². The lowest BCUT2D eigenvalue weighted by molar-refractivity contribution is -0.137. The zero-order chi connectivity index (χ0) is 11.3. The first kappa shape index (κ1) is 11.6. The second-order valence-electron chi connectivity index (χ2n) is 3.11. The van der Waals surface area contributed by atoms with E-state index in [1.807, 2.05) is 0 Å². The average Bonchev–Trinajstić information content (AvgIpc) is 2.51. The van der Waals surface area contributed by atoms with Crippen LogP contribution in [-0.4, -0.2) is 51.0 Å². The number of carboxylic acid groups (broad SMARTS) is 1. The zero-order valence-corrected chi connectivity index (χ0v) is 8.33. The second kappa shape index (κ2) is 5.42. The molecule has 1 unspecified atom stereocenters. The summed E-state index contributed by atoms with van der Waals surface area (Å²) in [7, 11) is 1.49. The van der Waals surface area contributed by atoms with Crippen molar-refractivity contribution in [3.63, 3.8) is 0 Å². The Morgan fingerprint density at radius 3 is 3.07 bits per heavy atom. The maximum atomic E-state index is 10.3. The van der Waals surface area contributed by atoms with E-state index in [1.54, 1.807) is 0 Å². The van der Waals surface area contributed by atoms with Gasteiger partial charge in [-0.2, -0.15) is 0 Å². The number of aliphatic hydroxyl groups excluding tert-OH is 1. The number of methoxy groups -OCH3 is 1. The van der Waals surface area contributed by atoms with E-state index >= 15 is 0 Å². The van der Waals surface area contributed by atoms with Gasteiger partial charge in [0.05, 0.1) is 18.4 Å². The fraction of sp³-hybridized carbons (Fsp3) is 0.625. The lowest BCUT2D eigenvalue weighted by Crippen LogP contribution is -2.17. The molecule has 1 aromatic heterocycles. The fourth-order valence-corrected chi connectivity index (χ4v) is 1.14. The molecule has 84 valence electrons. The van der Waals surface area contributed by atoms with Gasteiger partial charge in [0.25, 0.3) is 0 Å². The predicted octanol–water partition coefficient (Wildman–Crippen LogP) is -1.09. The van der Waals surface area contributed by atoms with E-state index in [0.29, 0.717) is 12.1 Å². The molecule has 15 heavy (non-hydrogen) atoms. The van der Waals surface area contributed by atoms with Gasteiger partial charge in [0, 0.05) is 19.7 Å². The largest absolute Gasteiger partial charge is 0.480 e. The van der Waals surface area contributed by atoms with E-state index in [-0.39, 0.29) is 13.2 Å². The highest BCUT2D eigenvalue weighted by Crippen LogP contribution is 1.99. The molecular formula is C8H13N3O4. The minimum atomic E-state index is -0.983. The normalized spacial score (nSPS) is 12.7. The number of aliphatic hydroxyl groups is 1. The van der Waals surface area contributed by atoms with Crippen LogP contribution in [0.15, 0.2) is 6.20 Å². The van der Waals surface area contributed by atoms with Crippen molar-refractivity contribution in [3.8, 4) is 0 Å². The van der Waals surface area contributed by atoms with E-state index in [1.165, 1.54) is 18.0 Å². The Kier molecular flexibility index (Phi) is 4.19. The van der Waals surface area contributed by atoms with Gasteiger partial charge in [0.2, 0.25) is 0 Å². The summed E-state index contributed by atoms with van der Waals surface area (Å²) in [5.41, 5.74) is 0.542. The molecule has 2 N–H and O–H groups in total. The molecule has 0 aromatic carbocycles. The first-order valence-corrected chi connectivity index (χ1v) is 4.39. The van der Waals surface area contributed by atoms with Gasteiger partial charge in [0.15, 0.2) is 0 Å². The minimum absolute atomic E-state index is 0.214. The van der Waals surface area contributed by atoms with E-state index in [9.17, 15) is 9.90 Å². The summed E-state index contributed by atoms with van der Waals surface area (Å²) in [5, 5.41) is 25.2. The molecule has 0 bridgehead atoms. The van der Waals surface area contributed by atoms with Crippen molar-refractivity contribution in [1.29, 1.82) is 0 Å². The van der Waals surface area contributed by atoms with Crippen LogP contribution in [0.3, 0.4) is 0 Å². The van der Waals surface area contributed by atoms with Crippen LogP contribution in [0, 0.1) is 0 Å². The molecule has 1 aromatic rings. The van der Waals surface area contributed by atoms with Gasteiger partial charge in [-0.05, 0) is 0 Å². The van der Waals surface area contributed by atoms with Gasteiger partial charge in [-0.25, -0.2) is 4.68 Å². The van der Waals surface area contributed by atoms with E-state index in [4.69, 9.17) is 9.84 Å². The lowest BCUT2D eigenvalue weighted by atomic mass is 10.2. The number of ether oxygens (including phenoxy) is 1. The Labute approximate surface area is 86.3 Å². The Morgan fingerprint density at radius 1 is 1.73 bits per heavy atom. The number of carbonyl (C=O) groups is 1. The summed E-state index contributed by atoms with van der Waals surface area (Å²) in [4.78, 5) is 10.3. The number of rotatable bonds is 6. The Morgan fingerprint density at radius 2 is 2.47 bits per heavy atom. The van der Waals surface area contributed by atoms with Gasteiger partial charge in [-0.15, -0.1) is 5.10 Å². The molecule has 7 nitrogen and oxygen atoms in total. The Balaban J connectivity index is 2.48. The molecule has 0 radical (unpaired) electrons. The molecular weight excluding hydrogens is 202 g/mol. The molecule has 7 heteroatoms. The number of hydrogen-bond acceptors (Lipinski definition) is 5. The molecule has 0 spiro atoms. The summed E-state index contributed by atoms with van der Waals surface area (Å²) in [6, 6.07) is 0. The van der Waals surface area contributed by atoms with Crippen molar-refractivity contribution in [2.24, 2.45) is 0 Å². The molecule has 0 aliphatic carbocycles. The number of carboxylic acids is 1. The third-order valence-electron chi connectivity index (χ3n) is 1.69. The quantitative estimate of drug-likeness (QED) is 0.626. The molecule has 0 aliphatic rings. The molecule has 0 fully saturated rings. The fourth-order valence-electron chi connectivity index (χ4n) is 1.14. The van der Waals surface area contributed by atoms with Crippen molar-refractivity contribution >= 4 is 5.97 Å². The zero-order valence-electron chi connectivity index (χ0n) is 8.33. The summed E-state index contributed by atoms with van der Waals surface area (Å²) >= 11 is 0. The lowest BCUT2D eigenvalue weighted by Gasteiger charge is -2.05. The second-order valence-corrected chi connectivity index (χ2v) is 3.11. The van der Waals surface area contributed by atoms with Gasteiger partial charge in [0.1, 0.15) is 6.54 Å². The Bertz CT molecular complexity index is 325. The van der Waals surface area contributed by atoms with Crippen LogP contribution >= 0.6 is 0 Å². The maximum absolute atomic E-state index is 10.3. The molecule has 0 amide bonds. The standard InChI is InChI=1S/C8H13N3O4/c1-15-5-7(12)2-6-3-11(10-9-6)4-8(13)14/h3,7,12H,2,4-5H2,1H3,(H,13,14). The molecule has 0 aliphatic heterocycles. The van der Waals surface area contributed by atoms with Crippen LogP contribution in [0.1, 0.15) is 5.69 Å². The summed E-state index contributed by atoms with van der Waals surface area (Å²) < 4.78 is 5.95. The third-order valence-corrected chi connectivity index (χ3v) is 1.69. The number of nitrogens with zero attached hydrogens (tertiary/aromatic N) is 3. The molecule has 1 atom stereocenters. The maximum Gasteiger partial charge on any atom is 0.325 e. The first-order chi connectivity index (χ1) is 7.11. The van der Waals surface area contributed by atoms with Crippen LogP contribution < -0.4 is 0 Å². The van der Waals surface area contributed by atoms with Crippen LogP contribution in [0.5, 0.6) is 0 Å². The van der Waals surface area contributed by atoms with Crippen LogP contribution in [0.25, 0.3) is 0 Å².